The average molecular weight is 370 g/mol. The molecule has 2 aromatic heterocycles. The largest absolute Gasteiger partial charge is 0.384 e. The minimum absolute atomic E-state index is 0.487. The normalized spacial score (nSPS) is 13.2. The van der Waals surface area contributed by atoms with Crippen LogP contribution in [-0.4, -0.2) is 6.54 Å². The van der Waals surface area contributed by atoms with Gasteiger partial charge in [-0.25, -0.2) is 4.57 Å². The molecule has 1 aromatic carbocycles. The summed E-state index contributed by atoms with van der Waals surface area (Å²) in [6.45, 7) is 5.28. The Morgan fingerprint density at radius 3 is 2.07 bits per heavy atom. The van der Waals surface area contributed by atoms with Gasteiger partial charge in [-0.2, -0.15) is 4.57 Å². The minimum atomic E-state index is 0.487. The van der Waals surface area contributed by atoms with Gasteiger partial charge in [0.15, 0.2) is 24.8 Å². The van der Waals surface area contributed by atoms with Crippen LogP contribution in [0.2, 0.25) is 0 Å². The molecular formula is C25H27N3+2. The van der Waals surface area contributed by atoms with Crippen LogP contribution >= 0.6 is 0 Å². The van der Waals surface area contributed by atoms with Crippen molar-refractivity contribution in [1.29, 1.82) is 0 Å². The molecule has 4 rings (SSSR count). The zero-order valence-corrected chi connectivity index (χ0v) is 16.8. The Morgan fingerprint density at radius 1 is 0.821 bits per heavy atom. The molecule has 3 nitrogen and oxygen atoms in total. The number of benzene rings is 1. The second kappa shape index (κ2) is 7.81. The maximum absolute atomic E-state index is 3.60. The first kappa shape index (κ1) is 18.2. The van der Waals surface area contributed by atoms with Crippen LogP contribution in [0.15, 0.2) is 85.5 Å². The third-order valence-corrected chi connectivity index (χ3v) is 5.32. The number of hydrogen-bond acceptors (Lipinski definition) is 1. The molecule has 0 aliphatic heterocycles. The number of allylic oxidation sites excluding steroid dienone is 2. The highest BCUT2D eigenvalue weighted by molar-refractivity contribution is 5.61. The first-order valence-corrected chi connectivity index (χ1v) is 9.77. The van der Waals surface area contributed by atoms with Crippen molar-refractivity contribution in [1.82, 2.24) is 0 Å². The predicted octanol–water partition coefficient (Wildman–Crippen LogP) is 4.23. The van der Waals surface area contributed by atoms with E-state index in [1.54, 1.807) is 0 Å². The van der Waals surface area contributed by atoms with Crippen LogP contribution in [0.25, 0.3) is 16.8 Å². The molecule has 1 aliphatic carbocycles. The molecule has 0 radical (unpaired) electrons. The first-order chi connectivity index (χ1) is 13.6. The summed E-state index contributed by atoms with van der Waals surface area (Å²) in [6.07, 6.45) is 17.1. The van der Waals surface area contributed by atoms with Gasteiger partial charge in [0.05, 0.1) is 0 Å². The van der Waals surface area contributed by atoms with Crippen molar-refractivity contribution in [3.63, 3.8) is 0 Å². The summed E-state index contributed by atoms with van der Waals surface area (Å²) in [6, 6.07) is 13.2. The van der Waals surface area contributed by atoms with Crippen molar-refractivity contribution in [2.75, 3.05) is 11.9 Å². The number of nitrogens with one attached hydrogen (secondary N) is 1. The topological polar surface area (TPSA) is 19.8 Å². The fourth-order valence-corrected chi connectivity index (χ4v) is 3.58. The number of aryl methyl sites for hydroxylation is 3. The molecule has 0 bridgehead atoms. The van der Waals surface area contributed by atoms with Crippen LogP contribution in [0.4, 0.5) is 5.69 Å². The van der Waals surface area contributed by atoms with Crippen LogP contribution in [0.3, 0.4) is 0 Å². The van der Waals surface area contributed by atoms with Crippen molar-refractivity contribution in [3.05, 3.63) is 96.6 Å². The van der Waals surface area contributed by atoms with Gasteiger partial charge in [-0.1, -0.05) is 24.3 Å². The second-order valence-corrected chi connectivity index (χ2v) is 7.51. The molecule has 0 atom stereocenters. The van der Waals surface area contributed by atoms with E-state index < -0.39 is 0 Å². The lowest BCUT2D eigenvalue weighted by molar-refractivity contribution is -0.671. The molecule has 0 spiro atoms. The maximum atomic E-state index is 3.60. The second-order valence-electron chi connectivity index (χ2n) is 7.51. The van der Waals surface area contributed by atoms with Gasteiger partial charge >= 0.3 is 0 Å². The van der Waals surface area contributed by atoms with Crippen molar-refractivity contribution in [2.24, 2.45) is 13.0 Å². The van der Waals surface area contributed by atoms with Crippen LogP contribution in [0.1, 0.15) is 11.1 Å². The van der Waals surface area contributed by atoms with Gasteiger partial charge in [-0.15, -0.1) is 0 Å². The minimum Gasteiger partial charge on any atom is -0.384 e. The Labute approximate surface area is 167 Å². The van der Waals surface area contributed by atoms with E-state index in [2.05, 4.69) is 109 Å². The summed E-state index contributed by atoms with van der Waals surface area (Å²) >= 11 is 0. The third-order valence-electron chi connectivity index (χ3n) is 5.32. The Morgan fingerprint density at radius 2 is 1.43 bits per heavy atom. The van der Waals surface area contributed by atoms with Gasteiger partial charge in [-0.05, 0) is 36.6 Å². The van der Waals surface area contributed by atoms with E-state index in [0.717, 1.165) is 6.54 Å². The summed E-state index contributed by atoms with van der Waals surface area (Å²) < 4.78 is 4.24. The smallest absolute Gasteiger partial charge is 0.213 e. The molecule has 2 heterocycles. The quantitative estimate of drug-likeness (QED) is 0.667. The number of rotatable bonds is 5. The Hall–Kier alpha value is -3.20. The molecule has 28 heavy (non-hydrogen) atoms. The van der Waals surface area contributed by atoms with Crippen molar-refractivity contribution >= 4 is 5.69 Å². The van der Waals surface area contributed by atoms with Gasteiger partial charge in [0.2, 0.25) is 5.69 Å². The number of nitrogens with zero attached hydrogens (tertiary/aromatic N) is 2. The molecule has 140 valence electrons. The lowest BCUT2D eigenvalue weighted by atomic mass is 10.1. The summed E-state index contributed by atoms with van der Waals surface area (Å²) in [4.78, 5) is 0. The molecule has 0 saturated heterocycles. The van der Waals surface area contributed by atoms with Crippen molar-refractivity contribution < 1.29 is 9.13 Å². The number of hydrogen-bond donors (Lipinski definition) is 1. The van der Waals surface area contributed by atoms with Gasteiger partial charge in [0, 0.05) is 54.0 Å². The highest BCUT2D eigenvalue weighted by atomic mass is 14.9. The van der Waals surface area contributed by atoms with Gasteiger partial charge in [-0.3, -0.25) is 0 Å². The third kappa shape index (κ3) is 3.89. The van der Waals surface area contributed by atoms with E-state index >= 15 is 0 Å². The number of aromatic nitrogens is 2. The van der Waals surface area contributed by atoms with Crippen LogP contribution in [0.5, 0.6) is 0 Å². The Bertz CT molecular complexity index is 1020. The molecule has 0 fully saturated rings. The van der Waals surface area contributed by atoms with Crippen molar-refractivity contribution in [3.8, 4) is 16.8 Å². The zero-order chi connectivity index (χ0) is 19.5. The monoisotopic (exact) mass is 369 g/mol. The number of pyridine rings is 2. The van der Waals surface area contributed by atoms with Crippen LogP contribution in [-0.2, 0) is 7.05 Å². The highest BCUT2D eigenvalue weighted by Crippen LogP contribution is 2.22. The summed E-state index contributed by atoms with van der Waals surface area (Å²) in [5.41, 5.74) is 7.41. The molecule has 1 aliphatic rings. The maximum Gasteiger partial charge on any atom is 0.213 e. The first-order valence-electron chi connectivity index (χ1n) is 9.77. The SMILES string of the molecule is Cc1cc(-[n+]2ccc(-c3cc[n+](C)cc3)cc2)c(C)cc1NCC1C=CC=C1. The fourth-order valence-electron chi connectivity index (χ4n) is 3.58. The van der Waals surface area contributed by atoms with Gasteiger partial charge < -0.3 is 5.32 Å². The molecule has 0 unspecified atom stereocenters. The van der Waals surface area contributed by atoms with Gasteiger partial charge in [0.25, 0.3) is 0 Å². The zero-order valence-electron chi connectivity index (χ0n) is 16.8. The molecule has 0 saturated carbocycles. The molecular weight excluding hydrogens is 342 g/mol. The lowest BCUT2D eigenvalue weighted by Gasteiger charge is -2.13. The van der Waals surface area contributed by atoms with Crippen LogP contribution in [0, 0.1) is 19.8 Å². The summed E-state index contributed by atoms with van der Waals surface area (Å²) in [5, 5.41) is 3.60. The van der Waals surface area contributed by atoms with E-state index in [1.807, 2.05) is 11.6 Å². The van der Waals surface area contributed by atoms with E-state index in [1.165, 1.54) is 33.6 Å². The lowest BCUT2D eigenvalue weighted by Crippen LogP contribution is -2.30. The van der Waals surface area contributed by atoms with Crippen molar-refractivity contribution in [2.45, 2.75) is 13.8 Å². The van der Waals surface area contributed by atoms with Gasteiger partial charge in [0.1, 0.15) is 7.05 Å². The van der Waals surface area contributed by atoms with E-state index in [9.17, 15) is 0 Å². The Balaban J connectivity index is 1.55. The summed E-state index contributed by atoms with van der Waals surface area (Å²) in [7, 11) is 2.04. The molecule has 0 amide bonds. The predicted molar refractivity (Wildman–Crippen MR) is 114 cm³/mol. The fraction of sp³-hybridized carbons (Fsp3) is 0.200. The van der Waals surface area contributed by atoms with Crippen LogP contribution < -0.4 is 14.5 Å². The number of anilines is 1. The highest BCUT2D eigenvalue weighted by Gasteiger charge is 2.14. The molecule has 3 heteroatoms. The van der Waals surface area contributed by atoms with E-state index in [-0.39, 0.29) is 0 Å². The molecule has 1 N–H and O–H groups in total. The standard InChI is InChI=1S/C25H26N3/c1-19-17-25(20(2)16-24(19)26-18-21-6-4-5-7-21)28-14-10-23(11-15-28)22-8-12-27(3)13-9-22/h4-17,21H,18H2,1-3H3/q+1/p+1. The Kier molecular flexibility index (Phi) is 5.07. The average Bonchev–Trinajstić information content (AvgIpc) is 3.23. The van der Waals surface area contributed by atoms with E-state index in [0.29, 0.717) is 5.92 Å². The van der Waals surface area contributed by atoms with E-state index in [4.69, 9.17) is 0 Å². The molecule has 3 aromatic rings. The summed E-state index contributed by atoms with van der Waals surface area (Å²) in [5.74, 6) is 0.487.